The second kappa shape index (κ2) is 7.74. The summed E-state index contributed by atoms with van der Waals surface area (Å²) in [5.41, 5.74) is 9.23. The molecule has 0 fully saturated rings. The Balaban J connectivity index is 0.00000208. The van der Waals surface area contributed by atoms with E-state index in [0.29, 0.717) is 28.7 Å². The largest absolute Gasteiger partial charge is 0.392 e. The standard InChI is InChI=1S/C16H14Br2F2N2O.ClH/c17-14-11-5-10(23)6-12(11)16(18)22-15(14)13(21)3-7-1-8(19)4-9(20)2-7;/h1-2,4,10,13,23H,3,5-6,21H2;1H. The maximum atomic E-state index is 13.3. The fraction of sp³-hybridized carbons (Fsp3) is 0.312. The first kappa shape index (κ1) is 19.7. The topological polar surface area (TPSA) is 59.1 Å². The molecule has 3 rings (SSSR count). The summed E-state index contributed by atoms with van der Waals surface area (Å²) >= 11 is 6.93. The molecule has 130 valence electrons. The van der Waals surface area contributed by atoms with Crippen molar-refractivity contribution < 1.29 is 13.9 Å². The van der Waals surface area contributed by atoms with Crippen molar-refractivity contribution in [1.82, 2.24) is 4.98 Å². The van der Waals surface area contributed by atoms with Crippen molar-refractivity contribution in [3.8, 4) is 0 Å². The molecule has 2 atom stereocenters. The molecule has 1 heterocycles. The van der Waals surface area contributed by atoms with Crippen LogP contribution in [0, 0.1) is 11.6 Å². The Labute approximate surface area is 161 Å². The predicted molar refractivity (Wildman–Crippen MR) is 97.3 cm³/mol. The van der Waals surface area contributed by atoms with Crippen molar-refractivity contribution in [3.63, 3.8) is 0 Å². The molecule has 3 nitrogen and oxygen atoms in total. The highest BCUT2D eigenvalue weighted by Crippen LogP contribution is 2.37. The van der Waals surface area contributed by atoms with Crippen LogP contribution in [-0.2, 0) is 19.3 Å². The van der Waals surface area contributed by atoms with Crippen LogP contribution in [0.3, 0.4) is 0 Å². The average molecular weight is 485 g/mol. The third kappa shape index (κ3) is 3.96. The molecule has 3 N–H and O–H groups in total. The lowest BCUT2D eigenvalue weighted by atomic mass is 10.0. The Morgan fingerprint density at radius 2 is 1.75 bits per heavy atom. The summed E-state index contributed by atoms with van der Waals surface area (Å²) < 4.78 is 28.0. The van der Waals surface area contributed by atoms with Crippen LogP contribution in [0.4, 0.5) is 8.78 Å². The van der Waals surface area contributed by atoms with Gasteiger partial charge in [-0.15, -0.1) is 12.4 Å². The summed E-state index contributed by atoms with van der Waals surface area (Å²) in [7, 11) is 0. The first-order valence-electron chi connectivity index (χ1n) is 7.10. The lowest BCUT2D eigenvalue weighted by Crippen LogP contribution is -2.17. The lowest BCUT2D eigenvalue weighted by molar-refractivity contribution is 0.187. The van der Waals surface area contributed by atoms with Gasteiger partial charge >= 0.3 is 0 Å². The van der Waals surface area contributed by atoms with Crippen LogP contribution in [0.25, 0.3) is 0 Å². The number of fused-ring (bicyclic) bond motifs is 1. The number of hydrogen-bond donors (Lipinski definition) is 2. The van der Waals surface area contributed by atoms with Gasteiger partial charge in [-0.25, -0.2) is 13.8 Å². The Morgan fingerprint density at radius 1 is 1.17 bits per heavy atom. The van der Waals surface area contributed by atoms with Gasteiger partial charge in [-0.3, -0.25) is 0 Å². The molecule has 0 spiro atoms. The van der Waals surface area contributed by atoms with Gasteiger partial charge in [0.1, 0.15) is 16.2 Å². The van der Waals surface area contributed by atoms with Crippen LogP contribution >= 0.6 is 44.3 Å². The van der Waals surface area contributed by atoms with Gasteiger partial charge in [0.2, 0.25) is 0 Å². The molecule has 8 heteroatoms. The lowest BCUT2D eigenvalue weighted by Gasteiger charge is -2.16. The molecule has 1 aliphatic rings. The molecule has 1 aromatic heterocycles. The van der Waals surface area contributed by atoms with Gasteiger partial charge < -0.3 is 10.8 Å². The minimum Gasteiger partial charge on any atom is -0.392 e. The fourth-order valence-electron chi connectivity index (χ4n) is 2.92. The van der Waals surface area contributed by atoms with Crippen LogP contribution in [-0.4, -0.2) is 16.2 Å². The number of pyridine rings is 1. The summed E-state index contributed by atoms with van der Waals surface area (Å²) in [4.78, 5) is 4.47. The van der Waals surface area contributed by atoms with Gasteiger partial charge in [0.25, 0.3) is 0 Å². The molecule has 1 aliphatic carbocycles. The Hall–Kier alpha value is -0.600. The van der Waals surface area contributed by atoms with E-state index in [1.54, 1.807) is 0 Å². The monoisotopic (exact) mass is 482 g/mol. The first-order chi connectivity index (χ1) is 10.8. The molecule has 0 amide bonds. The molecule has 2 aromatic rings. The molecule has 0 saturated heterocycles. The number of benzene rings is 1. The maximum absolute atomic E-state index is 13.3. The molecule has 0 saturated carbocycles. The van der Waals surface area contributed by atoms with Crippen molar-refractivity contribution >= 4 is 44.3 Å². The van der Waals surface area contributed by atoms with E-state index >= 15 is 0 Å². The highest BCUT2D eigenvalue weighted by atomic mass is 79.9. The van der Waals surface area contributed by atoms with Crippen LogP contribution in [0.1, 0.15) is 28.4 Å². The number of rotatable bonds is 3. The SMILES string of the molecule is Cl.NC(Cc1cc(F)cc(F)c1)c1nc(Br)c2c(c1Br)CC(O)C2. The highest BCUT2D eigenvalue weighted by Gasteiger charge is 2.28. The molecular formula is C16H15Br2ClF2N2O. The van der Waals surface area contributed by atoms with Crippen LogP contribution in [0.5, 0.6) is 0 Å². The third-order valence-electron chi connectivity index (χ3n) is 3.93. The highest BCUT2D eigenvalue weighted by molar-refractivity contribution is 9.11. The van der Waals surface area contributed by atoms with Crippen molar-refractivity contribution in [2.24, 2.45) is 5.73 Å². The number of nitrogens with zero attached hydrogens (tertiary/aromatic N) is 1. The third-order valence-corrected chi connectivity index (χ3v) is 5.47. The maximum Gasteiger partial charge on any atom is 0.126 e. The number of halogens is 5. The molecule has 0 radical (unpaired) electrons. The van der Waals surface area contributed by atoms with Gasteiger partial charge in [-0.2, -0.15) is 0 Å². The number of aliphatic hydroxyl groups is 1. The van der Waals surface area contributed by atoms with Gasteiger partial charge in [0.05, 0.1) is 17.8 Å². The second-order valence-corrected chi connectivity index (χ2v) is 7.25. The van der Waals surface area contributed by atoms with Gasteiger partial charge in [0.15, 0.2) is 0 Å². The van der Waals surface area contributed by atoms with E-state index in [0.717, 1.165) is 21.7 Å². The molecule has 2 unspecified atom stereocenters. The smallest absolute Gasteiger partial charge is 0.126 e. The van der Waals surface area contributed by atoms with Crippen LogP contribution < -0.4 is 5.73 Å². The average Bonchev–Trinajstić information content (AvgIpc) is 2.84. The van der Waals surface area contributed by atoms with E-state index in [4.69, 9.17) is 5.73 Å². The van der Waals surface area contributed by atoms with Crippen molar-refractivity contribution in [1.29, 1.82) is 0 Å². The van der Waals surface area contributed by atoms with Crippen LogP contribution in [0.2, 0.25) is 0 Å². The fourth-order valence-corrected chi connectivity index (χ4v) is 4.30. The zero-order chi connectivity index (χ0) is 16.7. The van der Waals surface area contributed by atoms with E-state index in [2.05, 4.69) is 36.8 Å². The molecule has 0 aliphatic heterocycles. The van der Waals surface area contributed by atoms with E-state index < -0.39 is 23.8 Å². The summed E-state index contributed by atoms with van der Waals surface area (Å²) in [5.74, 6) is -1.25. The van der Waals surface area contributed by atoms with Gasteiger partial charge in [-0.1, -0.05) is 0 Å². The number of aliphatic hydroxyl groups excluding tert-OH is 1. The summed E-state index contributed by atoms with van der Waals surface area (Å²) in [6.45, 7) is 0. The minimum absolute atomic E-state index is 0. The Morgan fingerprint density at radius 3 is 2.38 bits per heavy atom. The van der Waals surface area contributed by atoms with E-state index in [1.165, 1.54) is 12.1 Å². The van der Waals surface area contributed by atoms with Crippen LogP contribution in [0.15, 0.2) is 27.3 Å². The van der Waals surface area contributed by atoms with E-state index in [1.807, 2.05) is 0 Å². The normalized spacial score (nSPS) is 17.3. The zero-order valence-electron chi connectivity index (χ0n) is 12.4. The van der Waals surface area contributed by atoms with E-state index in [9.17, 15) is 13.9 Å². The molecule has 0 bridgehead atoms. The molecular weight excluding hydrogens is 469 g/mol. The van der Waals surface area contributed by atoms with E-state index in [-0.39, 0.29) is 18.8 Å². The van der Waals surface area contributed by atoms with Crippen molar-refractivity contribution in [2.45, 2.75) is 31.4 Å². The number of nitrogens with two attached hydrogens (primary N) is 1. The summed E-state index contributed by atoms with van der Waals surface area (Å²) in [6, 6.07) is 2.84. The first-order valence-corrected chi connectivity index (χ1v) is 8.69. The minimum atomic E-state index is -0.627. The quantitative estimate of drug-likeness (QED) is 0.648. The molecule has 24 heavy (non-hydrogen) atoms. The predicted octanol–water partition coefficient (Wildman–Crippen LogP) is 4.01. The Bertz CT molecular complexity index is 756. The van der Waals surface area contributed by atoms with Gasteiger partial charge in [0, 0.05) is 23.4 Å². The molecule has 1 aromatic carbocycles. The number of hydrogen-bond acceptors (Lipinski definition) is 3. The Kier molecular flexibility index (Phi) is 6.36. The zero-order valence-corrected chi connectivity index (χ0v) is 16.4. The van der Waals surface area contributed by atoms with Gasteiger partial charge in [-0.05, 0) is 67.1 Å². The van der Waals surface area contributed by atoms with Crippen molar-refractivity contribution in [3.05, 3.63) is 61.3 Å². The summed E-state index contributed by atoms with van der Waals surface area (Å²) in [6.07, 6.45) is 0.911. The van der Waals surface area contributed by atoms with Crippen molar-refractivity contribution in [2.75, 3.05) is 0 Å². The second-order valence-electron chi connectivity index (χ2n) is 5.71. The summed E-state index contributed by atoms with van der Waals surface area (Å²) in [5, 5.41) is 9.84. The number of aromatic nitrogens is 1.